The van der Waals surface area contributed by atoms with E-state index in [1.807, 2.05) is 0 Å². The van der Waals surface area contributed by atoms with Crippen molar-refractivity contribution in [2.24, 2.45) is 0 Å². The molecule has 0 radical (unpaired) electrons. The first-order chi connectivity index (χ1) is 17.5. The van der Waals surface area contributed by atoms with E-state index in [4.69, 9.17) is 25.8 Å². The van der Waals surface area contributed by atoms with Crippen LogP contribution in [0.25, 0.3) is 0 Å². The van der Waals surface area contributed by atoms with E-state index in [9.17, 15) is 26.4 Å². The molecule has 0 bridgehead atoms. The van der Waals surface area contributed by atoms with Gasteiger partial charge in [0, 0.05) is 37.5 Å². The van der Waals surface area contributed by atoms with Gasteiger partial charge in [0.2, 0.25) is 5.88 Å². The van der Waals surface area contributed by atoms with Crippen LogP contribution in [-0.4, -0.2) is 45.9 Å². The Morgan fingerprint density at radius 3 is 2.57 bits per heavy atom. The lowest BCUT2D eigenvalue weighted by atomic mass is 10.2. The minimum Gasteiger partial charge on any atom is -0.491 e. The first-order valence-electron chi connectivity index (χ1n) is 11.1. The Labute approximate surface area is 216 Å². The topological polar surface area (TPSA) is 125 Å². The molecule has 204 valence electrons. The van der Waals surface area contributed by atoms with Gasteiger partial charge in [-0.05, 0) is 31.0 Å². The van der Waals surface area contributed by atoms with Crippen molar-refractivity contribution in [3.8, 4) is 17.4 Å². The van der Waals surface area contributed by atoms with Crippen LogP contribution in [0.2, 0.25) is 5.02 Å². The van der Waals surface area contributed by atoms with Crippen LogP contribution < -0.4 is 19.5 Å². The molecule has 0 atom stereocenters. The summed E-state index contributed by atoms with van der Waals surface area (Å²) in [5.41, 5.74) is -0.756. The third-order valence-electron chi connectivity index (χ3n) is 5.21. The van der Waals surface area contributed by atoms with E-state index in [1.165, 1.54) is 19.2 Å². The minimum atomic E-state index is -4.65. The molecule has 2 N–H and O–H groups in total. The second-order valence-corrected chi connectivity index (χ2v) is 9.72. The molecule has 0 unspecified atom stereocenters. The molecule has 1 saturated carbocycles. The second-order valence-electron chi connectivity index (χ2n) is 8.00. The Kier molecular flexibility index (Phi) is 9.81. The summed E-state index contributed by atoms with van der Waals surface area (Å²) in [4.78, 5) is 15.8. The number of carbonyl (C=O) groups excluding carboxylic acids is 1. The molecular formula is C22H25ClF3N3O7S. The number of pyridine rings is 1. The summed E-state index contributed by atoms with van der Waals surface area (Å²) >= 11 is 5.95. The number of nitrogens with one attached hydrogen (secondary N) is 2. The average molecular weight is 568 g/mol. The van der Waals surface area contributed by atoms with Crippen molar-refractivity contribution in [3.05, 3.63) is 46.6 Å². The number of amides is 1. The van der Waals surface area contributed by atoms with Crippen molar-refractivity contribution in [2.45, 2.75) is 44.4 Å². The molecule has 1 aliphatic rings. The van der Waals surface area contributed by atoms with Gasteiger partial charge < -0.3 is 23.7 Å². The molecule has 15 heteroatoms. The number of alkyl halides is 3. The molecule has 1 fully saturated rings. The molecule has 1 aromatic carbocycles. The predicted molar refractivity (Wildman–Crippen MR) is 126 cm³/mol. The Bertz CT molecular complexity index is 1190. The zero-order valence-corrected chi connectivity index (χ0v) is 21.2. The third-order valence-corrected chi connectivity index (χ3v) is 6.47. The van der Waals surface area contributed by atoms with Crippen molar-refractivity contribution < 1.29 is 44.8 Å². The van der Waals surface area contributed by atoms with Gasteiger partial charge in [-0.1, -0.05) is 24.4 Å². The number of rotatable bonds is 11. The molecule has 1 amide bonds. The molecule has 2 aromatic rings. The maximum atomic E-state index is 12.9. The maximum absolute atomic E-state index is 12.9. The molecule has 0 saturated heterocycles. The lowest BCUT2D eigenvalue weighted by Gasteiger charge is -2.16. The number of nitrogens with zero attached hydrogens (tertiary/aromatic N) is 1. The Morgan fingerprint density at radius 1 is 1.19 bits per heavy atom. The van der Waals surface area contributed by atoms with Gasteiger partial charge in [0.15, 0.2) is 0 Å². The number of halogens is 4. The van der Waals surface area contributed by atoms with Crippen LogP contribution in [0.1, 0.15) is 36.8 Å². The number of ether oxygens (including phenoxy) is 3. The van der Waals surface area contributed by atoms with Gasteiger partial charge in [0.25, 0.3) is 0 Å². The summed E-state index contributed by atoms with van der Waals surface area (Å²) in [7, 11) is -2.82. The lowest BCUT2D eigenvalue weighted by molar-refractivity contribution is -0.137. The molecule has 3 rings (SSSR count). The van der Waals surface area contributed by atoms with Crippen molar-refractivity contribution in [2.75, 3.05) is 20.3 Å². The van der Waals surface area contributed by atoms with Crippen LogP contribution >= 0.6 is 11.6 Å². The van der Waals surface area contributed by atoms with E-state index in [2.05, 4.69) is 19.2 Å². The van der Waals surface area contributed by atoms with Crippen molar-refractivity contribution >= 4 is 28.0 Å². The van der Waals surface area contributed by atoms with Gasteiger partial charge in [0.05, 0.1) is 12.2 Å². The summed E-state index contributed by atoms with van der Waals surface area (Å²) in [5.74, 6) is 0.0388. The van der Waals surface area contributed by atoms with Crippen LogP contribution in [0.15, 0.2) is 30.5 Å². The predicted octanol–water partition coefficient (Wildman–Crippen LogP) is 4.57. The van der Waals surface area contributed by atoms with Gasteiger partial charge in [-0.2, -0.15) is 26.3 Å². The largest absolute Gasteiger partial charge is 0.491 e. The fraction of sp³-hybridized carbons (Fsp3) is 0.455. The highest BCUT2D eigenvalue weighted by atomic mass is 35.5. The fourth-order valence-electron chi connectivity index (χ4n) is 3.44. The first-order valence-corrected chi connectivity index (χ1v) is 12.9. The molecule has 1 aliphatic carbocycles. The summed E-state index contributed by atoms with van der Waals surface area (Å²) in [5, 5.41) is 1.90. The van der Waals surface area contributed by atoms with E-state index in [0.29, 0.717) is 43.0 Å². The monoisotopic (exact) mass is 567 g/mol. The van der Waals surface area contributed by atoms with Gasteiger partial charge in [-0.15, -0.1) is 0 Å². The van der Waals surface area contributed by atoms with Gasteiger partial charge in [0.1, 0.15) is 23.1 Å². The SMILES string of the molecule is COCCOc1ccc(CNC(=O)OS(=O)(=O)NC2CCCC2)c(Oc2ncc(C(F)(F)F)cc2Cl)c1. The Morgan fingerprint density at radius 2 is 1.92 bits per heavy atom. The highest BCUT2D eigenvalue weighted by Crippen LogP contribution is 2.36. The Hall–Kier alpha value is -2.81. The highest BCUT2D eigenvalue weighted by molar-refractivity contribution is 7.85. The van der Waals surface area contributed by atoms with Crippen LogP contribution in [0.3, 0.4) is 0 Å². The van der Waals surface area contributed by atoms with Gasteiger partial charge in [-0.3, -0.25) is 0 Å². The molecule has 10 nitrogen and oxygen atoms in total. The zero-order valence-electron chi connectivity index (χ0n) is 19.6. The van der Waals surface area contributed by atoms with Crippen LogP contribution in [-0.2, 0) is 31.9 Å². The van der Waals surface area contributed by atoms with E-state index in [-0.39, 0.29) is 30.8 Å². The number of methoxy groups -OCH3 is 1. The summed E-state index contributed by atoms with van der Waals surface area (Å²) < 4.78 is 85.9. The number of hydrogen-bond donors (Lipinski definition) is 2. The van der Waals surface area contributed by atoms with E-state index in [0.717, 1.165) is 12.8 Å². The van der Waals surface area contributed by atoms with Crippen molar-refractivity contribution in [3.63, 3.8) is 0 Å². The second kappa shape index (κ2) is 12.6. The number of carbonyl (C=O) groups is 1. The van der Waals surface area contributed by atoms with Gasteiger partial charge in [-0.25, -0.2) is 9.78 Å². The highest BCUT2D eigenvalue weighted by Gasteiger charge is 2.32. The summed E-state index contributed by atoms with van der Waals surface area (Å²) in [6.45, 7) is 0.232. The minimum absolute atomic E-state index is 0.0383. The molecular weight excluding hydrogens is 543 g/mol. The average Bonchev–Trinajstić information content (AvgIpc) is 3.31. The van der Waals surface area contributed by atoms with Crippen LogP contribution in [0.5, 0.6) is 17.4 Å². The Balaban J connectivity index is 1.73. The van der Waals surface area contributed by atoms with E-state index < -0.39 is 33.2 Å². The van der Waals surface area contributed by atoms with Crippen LogP contribution in [0.4, 0.5) is 18.0 Å². The first kappa shape index (κ1) is 28.8. The molecule has 37 heavy (non-hydrogen) atoms. The molecule has 0 spiro atoms. The molecule has 1 aromatic heterocycles. The van der Waals surface area contributed by atoms with Crippen molar-refractivity contribution in [1.29, 1.82) is 0 Å². The zero-order chi connectivity index (χ0) is 27.1. The fourth-order valence-corrected chi connectivity index (χ4v) is 4.59. The van der Waals surface area contributed by atoms with E-state index >= 15 is 0 Å². The van der Waals surface area contributed by atoms with E-state index in [1.54, 1.807) is 6.07 Å². The number of hydrogen-bond acceptors (Lipinski definition) is 8. The van der Waals surface area contributed by atoms with Crippen molar-refractivity contribution in [1.82, 2.24) is 15.0 Å². The number of aromatic nitrogens is 1. The maximum Gasteiger partial charge on any atom is 0.423 e. The number of benzene rings is 1. The quantitative estimate of drug-likeness (QED) is 0.378. The smallest absolute Gasteiger partial charge is 0.423 e. The summed E-state index contributed by atoms with van der Waals surface area (Å²) in [6.07, 6.45) is -2.24. The molecule has 1 heterocycles. The van der Waals surface area contributed by atoms with Crippen LogP contribution in [0, 0.1) is 0 Å². The molecule has 0 aliphatic heterocycles. The third kappa shape index (κ3) is 8.91. The lowest BCUT2D eigenvalue weighted by Crippen LogP contribution is -2.38. The summed E-state index contributed by atoms with van der Waals surface area (Å²) in [6, 6.07) is 4.84. The van der Waals surface area contributed by atoms with Gasteiger partial charge >= 0.3 is 22.6 Å². The normalized spacial score (nSPS) is 14.4. The standard InChI is InChI=1S/C22H25ClF3N3O7S/c1-33-8-9-34-17-7-6-14(12-28-21(30)36-37(31,32)29-16-4-2-3-5-16)19(11-17)35-20-18(23)10-15(13-27-20)22(24,25)26/h6-7,10-11,13,16,29H,2-5,8-9,12H2,1H3,(H,28,30).